The Morgan fingerprint density at radius 3 is 3.00 bits per heavy atom. The number of likely N-dealkylation sites (tertiary alicyclic amines) is 1. The number of fused-ring (bicyclic) bond motifs is 1. The highest BCUT2D eigenvalue weighted by Crippen LogP contribution is 2.27. The zero-order valence-electron chi connectivity index (χ0n) is 13.6. The first-order valence-electron chi connectivity index (χ1n) is 7.82. The van der Waals surface area contributed by atoms with Crippen LogP contribution in [0, 0.1) is 12.8 Å². The van der Waals surface area contributed by atoms with Crippen LogP contribution >= 0.6 is 11.3 Å². The summed E-state index contributed by atoms with van der Waals surface area (Å²) < 4.78 is 4.77. The number of H-pyrrole nitrogens is 1. The molecule has 1 aliphatic heterocycles. The minimum atomic E-state index is -0.420. The van der Waals surface area contributed by atoms with E-state index in [1.165, 1.54) is 31.3 Å². The van der Waals surface area contributed by atoms with Crippen LogP contribution in [-0.2, 0) is 11.3 Å². The lowest BCUT2D eigenvalue weighted by atomic mass is 10.0. The quantitative estimate of drug-likeness (QED) is 0.871. The van der Waals surface area contributed by atoms with Gasteiger partial charge >= 0.3 is 5.97 Å². The van der Waals surface area contributed by atoms with Crippen LogP contribution in [0.2, 0.25) is 0 Å². The number of nitrogens with one attached hydrogen (secondary N) is 1. The zero-order chi connectivity index (χ0) is 16.6. The fourth-order valence-corrected chi connectivity index (χ4v) is 4.31. The number of thiophene rings is 1. The third-order valence-corrected chi connectivity index (χ3v) is 5.50. The summed E-state index contributed by atoms with van der Waals surface area (Å²) in [5.74, 6) is 0.916. The van der Waals surface area contributed by atoms with E-state index in [-0.39, 0.29) is 5.56 Å². The highest BCUT2D eigenvalue weighted by atomic mass is 32.1. The van der Waals surface area contributed by atoms with Crippen LogP contribution in [0.3, 0.4) is 0 Å². The van der Waals surface area contributed by atoms with Crippen molar-refractivity contribution in [3.8, 4) is 0 Å². The lowest BCUT2D eigenvalue weighted by Gasteiger charge is -2.30. The summed E-state index contributed by atoms with van der Waals surface area (Å²) in [6.45, 7) is 6.70. The van der Waals surface area contributed by atoms with Crippen molar-refractivity contribution in [2.45, 2.75) is 33.2 Å². The Hall–Kier alpha value is -1.73. The largest absolute Gasteiger partial charge is 0.465 e. The van der Waals surface area contributed by atoms with Gasteiger partial charge in [-0.2, -0.15) is 0 Å². The molecule has 1 aliphatic rings. The number of aromatic nitrogens is 2. The molecule has 1 saturated heterocycles. The lowest BCUT2D eigenvalue weighted by Crippen LogP contribution is -2.34. The molecule has 3 rings (SSSR count). The molecular formula is C16H21N3O3S. The normalized spacial score (nSPS) is 19.2. The second kappa shape index (κ2) is 6.41. The first-order valence-corrected chi connectivity index (χ1v) is 8.64. The Balaban J connectivity index is 1.94. The number of carbonyl (C=O) groups is 1. The molecule has 0 aromatic carbocycles. The molecule has 23 heavy (non-hydrogen) atoms. The molecule has 0 unspecified atom stereocenters. The smallest absolute Gasteiger partial charge is 0.348 e. The SMILES string of the molecule is COC(=O)c1sc2nc(CN3CCC[C@@H](C)C3)[nH]c(=O)c2c1C. The van der Waals surface area contributed by atoms with Crippen LogP contribution < -0.4 is 5.56 Å². The Morgan fingerprint density at radius 1 is 1.52 bits per heavy atom. The van der Waals surface area contributed by atoms with Crippen molar-refractivity contribution < 1.29 is 9.53 Å². The minimum absolute atomic E-state index is 0.182. The summed E-state index contributed by atoms with van der Waals surface area (Å²) in [5.41, 5.74) is 0.461. The highest BCUT2D eigenvalue weighted by molar-refractivity contribution is 7.20. The van der Waals surface area contributed by atoms with Crippen molar-refractivity contribution in [3.63, 3.8) is 0 Å². The summed E-state index contributed by atoms with van der Waals surface area (Å²) in [5, 5.41) is 0.492. The van der Waals surface area contributed by atoms with Gasteiger partial charge in [-0.15, -0.1) is 11.3 Å². The molecule has 1 N–H and O–H groups in total. The number of hydrogen-bond acceptors (Lipinski definition) is 6. The number of aryl methyl sites for hydroxylation is 1. The van der Waals surface area contributed by atoms with Crippen LogP contribution in [0.25, 0.3) is 10.2 Å². The zero-order valence-corrected chi connectivity index (χ0v) is 14.5. The number of hydrogen-bond donors (Lipinski definition) is 1. The average Bonchev–Trinajstić information content (AvgIpc) is 2.84. The second-order valence-corrected chi connectivity index (χ2v) is 7.22. The molecule has 0 radical (unpaired) electrons. The van der Waals surface area contributed by atoms with E-state index < -0.39 is 5.97 Å². The molecule has 7 heteroatoms. The Labute approximate surface area is 138 Å². The molecule has 1 atom stereocenters. The first kappa shape index (κ1) is 16.1. The van der Waals surface area contributed by atoms with E-state index in [0.717, 1.165) is 13.1 Å². The van der Waals surface area contributed by atoms with Crippen molar-refractivity contribution in [1.29, 1.82) is 0 Å². The van der Waals surface area contributed by atoms with E-state index in [1.54, 1.807) is 6.92 Å². The standard InChI is InChI=1S/C16H21N3O3S/c1-9-5-4-6-19(7-9)8-11-17-14(20)12-10(2)13(16(21)22-3)23-15(12)18-11/h9H,4-8H2,1-3H3,(H,17,18,20)/t9-/m1/s1. The van der Waals surface area contributed by atoms with Gasteiger partial charge in [0.15, 0.2) is 0 Å². The number of aromatic amines is 1. The fourth-order valence-electron chi connectivity index (χ4n) is 3.19. The molecule has 2 aromatic rings. The first-order chi connectivity index (χ1) is 11.0. The van der Waals surface area contributed by atoms with Crippen molar-refractivity contribution in [1.82, 2.24) is 14.9 Å². The van der Waals surface area contributed by atoms with Gasteiger partial charge in [-0.05, 0) is 37.8 Å². The van der Waals surface area contributed by atoms with Gasteiger partial charge in [0.25, 0.3) is 5.56 Å². The van der Waals surface area contributed by atoms with E-state index >= 15 is 0 Å². The number of rotatable bonds is 3. The Morgan fingerprint density at radius 2 is 2.30 bits per heavy atom. The van der Waals surface area contributed by atoms with Crippen LogP contribution in [0.1, 0.15) is 40.8 Å². The van der Waals surface area contributed by atoms with Gasteiger partial charge in [-0.25, -0.2) is 9.78 Å². The van der Waals surface area contributed by atoms with Gasteiger partial charge in [0.2, 0.25) is 0 Å². The molecule has 3 heterocycles. The highest BCUT2D eigenvalue weighted by Gasteiger charge is 2.21. The molecule has 0 saturated carbocycles. The number of ether oxygens (including phenoxy) is 1. The number of methoxy groups -OCH3 is 1. The van der Waals surface area contributed by atoms with Crippen LogP contribution in [0.15, 0.2) is 4.79 Å². The maximum atomic E-state index is 12.4. The Kier molecular flexibility index (Phi) is 4.50. The van der Waals surface area contributed by atoms with Crippen LogP contribution in [0.4, 0.5) is 0 Å². The van der Waals surface area contributed by atoms with Gasteiger partial charge < -0.3 is 9.72 Å². The van der Waals surface area contributed by atoms with E-state index in [0.29, 0.717) is 38.9 Å². The number of piperidine rings is 1. The maximum absolute atomic E-state index is 12.4. The predicted molar refractivity (Wildman–Crippen MR) is 90.0 cm³/mol. The monoisotopic (exact) mass is 335 g/mol. The van der Waals surface area contributed by atoms with E-state index in [4.69, 9.17) is 4.74 Å². The van der Waals surface area contributed by atoms with Crippen molar-refractivity contribution >= 4 is 27.5 Å². The fraction of sp³-hybridized carbons (Fsp3) is 0.562. The third-order valence-electron chi connectivity index (χ3n) is 4.33. The van der Waals surface area contributed by atoms with Gasteiger partial charge in [-0.1, -0.05) is 6.92 Å². The second-order valence-electron chi connectivity index (χ2n) is 6.22. The van der Waals surface area contributed by atoms with Gasteiger partial charge in [-0.3, -0.25) is 9.69 Å². The van der Waals surface area contributed by atoms with Gasteiger partial charge in [0.05, 0.1) is 19.0 Å². The third kappa shape index (κ3) is 3.16. The summed E-state index contributed by atoms with van der Waals surface area (Å²) in [7, 11) is 1.34. The maximum Gasteiger partial charge on any atom is 0.348 e. The molecule has 6 nitrogen and oxygen atoms in total. The molecular weight excluding hydrogens is 314 g/mol. The molecule has 124 valence electrons. The Bertz CT molecular complexity index is 796. The summed E-state index contributed by atoms with van der Waals surface area (Å²) in [4.78, 5) is 35.0. The number of esters is 1. The number of carbonyl (C=O) groups excluding carboxylic acids is 1. The summed E-state index contributed by atoms with van der Waals surface area (Å²) in [6.07, 6.45) is 2.43. The van der Waals surface area contributed by atoms with Crippen molar-refractivity contribution in [2.24, 2.45) is 5.92 Å². The van der Waals surface area contributed by atoms with Crippen molar-refractivity contribution in [3.05, 3.63) is 26.6 Å². The molecule has 0 amide bonds. The minimum Gasteiger partial charge on any atom is -0.465 e. The molecule has 0 aliphatic carbocycles. The van der Waals surface area contributed by atoms with Crippen molar-refractivity contribution in [2.75, 3.05) is 20.2 Å². The molecule has 2 aromatic heterocycles. The predicted octanol–water partition coefficient (Wildman–Crippen LogP) is 2.31. The van der Waals surface area contributed by atoms with E-state index in [9.17, 15) is 9.59 Å². The molecule has 0 spiro atoms. The van der Waals surface area contributed by atoms with Gasteiger partial charge in [0.1, 0.15) is 15.5 Å². The van der Waals surface area contributed by atoms with E-state index in [2.05, 4.69) is 21.8 Å². The average molecular weight is 335 g/mol. The molecule has 0 bridgehead atoms. The molecule has 1 fully saturated rings. The van der Waals surface area contributed by atoms with Gasteiger partial charge in [0, 0.05) is 6.54 Å². The number of nitrogens with zero attached hydrogens (tertiary/aromatic N) is 2. The van der Waals surface area contributed by atoms with E-state index in [1.807, 2.05) is 0 Å². The summed E-state index contributed by atoms with van der Waals surface area (Å²) in [6, 6.07) is 0. The topological polar surface area (TPSA) is 75.3 Å². The van der Waals surface area contributed by atoms with Crippen LogP contribution in [-0.4, -0.2) is 41.0 Å². The van der Waals surface area contributed by atoms with Crippen LogP contribution in [0.5, 0.6) is 0 Å². The summed E-state index contributed by atoms with van der Waals surface area (Å²) >= 11 is 1.22. The lowest BCUT2D eigenvalue weighted by molar-refractivity contribution is 0.0605.